The van der Waals surface area contributed by atoms with E-state index in [9.17, 15) is 0 Å². The Morgan fingerprint density at radius 2 is 1.47 bits per heavy atom. The van der Waals surface area contributed by atoms with E-state index in [0.717, 1.165) is 9.32 Å². The van der Waals surface area contributed by atoms with Crippen molar-refractivity contribution in [2.24, 2.45) is 0 Å². The minimum atomic E-state index is 0.649. The molecule has 0 saturated carbocycles. The van der Waals surface area contributed by atoms with E-state index >= 15 is 0 Å². The average Bonchev–Trinajstić information content (AvgIpc) is 2.41. The van der Waals surface area contributed by atoms with Crippen LogP contribution in [0, 0.1) is 3.57 Å². The van der Waals surface area contributed by atoms with Gasteiger partial charge in [0.1, 0.15) is 23.0 Å². The molecule has 0 aliphatic heterocycles. The summed E-state index contributed by atoms with van der Waals surface area (Å²) in [5.41, 5.74) is 0. The molecule has 0 saturated heterocycles. The highest BCUT2D eigenvalue weighted by Gasteiger charge is 2.07. The predicted molar refractivity (Wildman–Crippen MR) is 83.8 cm³/mol. The van der Waals surface area contributed by atoms with E-state index in [0.29, 0.717) is 22.3 Å². The van der Waals surface area contributed by atoms with E-state index in [4.69, 9.17) is 25.8 Å². The van der Waals surface area contributed by atoms with Crippen molar-refractivity contribution in [3.63, 3.8) is 0 Å². The van der Waals surface area contributed by atoms with Gasteiger partial charge in [0.05, 0.1) is 17.8 Å². The van der Waals surface area contributed by atoms with Crippen molar-refractivity contribution >= 4 is 34.2 Å². The van der Waals surface area contributed by atoms with Crippen molar-refractivity contribution in [1.82, 2.24) is 0 Å². The lowest BCUT2D eigenvalue weighted by Crippen LogP contribution is -1.91. The van der Waals surface area contributed by atoms with E-state index in [1.165, 1.54) is 0 Å². The molecule has 0 aromatic heterocycles. The van der Waals surface area contributed by atoms with Crippen LogP contribution < -0.4 is 14.2 Å². The molecule has 0 N–H and O–H groups in total. The second-order valence-corrected chi connectivity index (χ2v) is 5.32. The maximum Gasteiger partial charge on any atom is 0.140 e. The second-order valence-electron chi connectivity index (χ2n) is 3.73. The quantitative estimate of drug-likeness (QED) is 0.705. The number of rotatable bonds is 4. The third kappa shape index (κ3) is 3.67. The summed E-state index contributed by atoms with van der Waals surface area (Å²) >= 11 is 8.09. The third-order valence-corrected chi connectivity index (χ3v) is 3.52. The summed E-state index contributed by atoms with van der Waals surface area (Å²) in [6.07, 6.45) is 0. The first kappa shape index (κ1) is 14.3. The molecule has 100 valence electrons. The highest BCUT2D eigenvalue weighted by Crippen LogP contribution is 2.33. The van der Waals surface area contributed by atoms with Crippen molar-refractivity contribution in [2.75, 3.05) is 14.2 Å². The molecule has 2 rings (SSSR count). The van der Waals surface area contributed by atoms with Crippen LogP contribution >= 0.6 is 34.2 Å². The summed E-state index contributed by atoms with van der Waals surface area (Å²) < 4.78 is 17.2. The standard InChI is InChI=1S/C14H12ClIO3/c1-17-10-6-11(18-2)8-12(7-10)19-14-4-3-9(15)5-13(14)16/h3-8H,1-2H3. The second kappa shape index (κ2) is 6.34. The van der Waals surface area contributed by atoms with E-state index in [1.807, 2.05) is 12.1 Å². The van der Waals surface area contributed by atoms with Crippen LogP contribution in [0.15, 0.2) is 36.4 Å². The Bertz CT molecular complexity index is 565. The van der Waals surface area contributed by atoms with Crippen molar-refractivity contribution < 1.29 is 14.2 Å². The SMILES string of the molecule is COc1cc(OC)cc(Oc2ccc(Cl)cc2I)c1. The van der Waals surface area contributed by atoms with Crippen LogP contribution in [0.2, 0.25) is 5.02 Å². The van der Waals surface area contributed by atoms with Gasteiger partial charge >= 0.3 is 0 Å². The Morgan fingerprint density at radius 3 is 2.00 bits per heavy atom. The Kier molecular flexibility index (Phi) is 4.76. The fourth-order valence-corrected chi connectivity index (χ4v) is 2.51. The topological polar surface area (TPSA) is 27.7 Å². The van der Waals surface area contributed by atoms with Gasteiger partial charge in [0.25, 0.3) is 0 Å². The van der Waals surface area contributed by atoms with Gasteiger partial charge < -0.3 is 14.2 Å². The fourth-order valence-electron chi connectivity index (χ4n) is 1.53. The number of hydrogen-bond acceptors (Lipinski definition) is 3. The molecule has 2 aromatic rings. The number of methoxy groups -OCH3 is 2. The Morgan fingerprint density at radius 1 is 0.895 bits per heavy atom. The van der Waals surface area contributed by atoms with Gasteiger partial charge in [-0.25, -0.2) is 0 Å². The minimum absolute atomic E-state index is 0.649. The maximum absolute atomic E-state index is 5.91. The molecule has 0 heterocycles. The van der Waals surface area contributed by atoms with Gasteiger partial charge in [0, 0.05) is 23.2 Å². The molecule has 0 bridgehead atoms. The third-order valence-electron chi connectivity index (χ3n) is 2.45. The Balaban J connectivity index is 2.31. The summed E-state index contributed by atoms with van der Waals surface area (Å²) in [4.78, 5) is 0. The zero-order chi connectivity index (χ0) is 13.8. The fraction of sp³-hybridized carbons (Fsp3) is 0.143. The van der Waals surface area contributed by atoms with E-state index in [-0.39, 0.29) is 0 Å². The normalized spacial score (nSPS) is 10.1. The van der Waals surface area contributed by atoms with Crippen LogP contribution in [0.3, 0.4) is 0 Å². The summed E-state index contributed by atoms with van der Waals surface area (Å²) in [6.45, 7) is 0. The highest BCUT2D eigenvalue weighted by atomic mass is 127. The molecule has 0 unspecified atom stereocenters. The summed E-state index contributed by atoms with van der Waals surface area (Å²) in [6, 6.07) is 10.8. The lowest BCUT2D eigenvalue weighted by Gasteiger charge is -2.11. The maximum atomic E-state index is 5.91. The predicted octanol–water partition coefficient (Wildman–Crippen LogP) is 4.75. The van der Waals surface area contributed by atoms with Gasteiger partial charge in [-0.1, -0.05) is 11.6 Å². The van der Waals surface area contributed by atoms with Crippen LogP contribution in [-0.4, -0.2) is 14.2 Å². The lowest BCUT2D eigenvalue weighted by atomic mass is 10.3. The number of halogens is 2. The molecule has 2 aromatic carbocycles. The first-order valence-electron chi connectivity index (χ1n) is 5.48. The van der Waals surface area contributed by atoms with Crippen molar-refractivity contribution in [3.05, 3.63) is 45.0 Å². The first-order valence-corrected chi connectivity index (χ1v) is 6.94. The van der Waals surface area contributed by atoms with E-state index < -0.39 is 0 Å². The molecule has 0 aliphatic carbocycles. The number of ether oxygens (including phenoxy) is 3. The molecule has 19 heavy (non-hydrogen) atoms. The van der Waals surface area contributed by atoms with Crippen LogP contribution in [0.25, 0.3) is 0 Å². The largest absolute Gasteiger partial charge is 0.496 e. The minimum Gasteiger partial charge on any atom is -0.496 e. The van der Waals surface area contributed by atoms with E-state index in [2.05, 4.69) is 22.6 Å². The van der Waals surface area contributed by atoms with Crippen molar-refractivity contribution in [3.8, 4) is 23.0 Å². The average molecular weight is 391 g/mol. The molecule has 0 spiro atoms. The van der Waals surface area contributed by atoms with Gasteiger partial charge in [-0.15, -0.1) is 0 Å². The van der Waals surface area contributed by atoms with Gasteiger partial charge in [-0.2, -0.15) is 0 Å². The van der Waals surface area contributed by atoms with Crippen molar-refractivity contribution in [2.45, 2.75) is 0 Å². The summed E-state index contributed by atoms with van der Waals surface area (Å²) in [5, 5.41) is 0.681. The van der Waals surface area contributed by atoms with Gasteiger partial charge in [0.2, 0.25) is 0 Å². The van der Waals surface area contributed by atoms with Crippen LogP contribution in [0.1, 0.15) is 0 Å². The number of benzene rings is 2. The summed E-state index contributed by atoms with van der Waals surface area (Å²) in [7, 11) is 3.20. The van der Waals surface area contributed by atoms with Gasteiger partial charge in [-0.3, -0.25) is 0 Å². The van der Waals surface area contributed by atoms with Crippen LogP contribution in [-0.2, 0) is 0 Å². The van der Waals surface area contributed by atoms with Gasteiger partial charge in [0.15, 0.2) is 0 Å². The molecule has 0 fully saturated rings. The number of hydrogen-bond donors (Lipinski definition) is 0. The Hall–Kier alpha value is -1.14. The molecule has 3 nitrogen and oxygen atoms in total. The molecule has 0 aliphatic rings. The van der Waals surface area contributed by atoms with Crippen LogP contribution in [0.4, 0.5) is 0 Å². The highest BCUT2D eigenvalue weighted by molar-refractivity contribution is 14.1. The first-order chi connectivity index (χ1) is 9.12. The molecule has 0 radical (unpaired) electrons. The molecule has 5 heteroatoms. The van der Waals surface area contributed by atoms with Gasteiger partial charge in [-0.05, 0) is 40.8 Å². The monoisotopic (exact) mass is 390 g/mol. The van der Waals surface area contributed by atoms with Crippen molar-refractivity contribution in [1.29, 1.82) is 0 Å². The summed E-state index contributed by atoms with van der Waals surface area (Å²) in [5.74, 6) is 2.74. The smallest absolute Gasteiger partial charge is 0.140 e. The van der Waals surface area contributed by atoms with E-state index in [1.54, 1.807) is 38.5 Å². The lowest BCUT2D eigenvalue weighted by molar-refractivity contribution is 0.386. The zero-order valence-electron chi connectivity index (χ0n) is 10.4. The molecular formula is C14H12ClIO3. The molecule has 0 amide bonds. The molecular weight excluding hydrogens is 379 g/mol. The Labute approximate surface area is 130 Å². The zero-order valence-corrected chi connectivity index (χ0v) is 13.4. The molecule has 0 atom stereocenters. The van der Waals surface area contributed by atoms with Crippen LogP contribution in [0.5, 0.6) is 23.0 Å².